The molecule has 123 valence electrons. The smallest absolute Gasteiger partial charge is 0.416 e. The van der Waals surface area contributed by atoms with Crippen LogP contribution in [0.2, 0.25) is 0 Å². The van der Waals surface area contributed by atoms with Crippen LogP contribution in [0.3, 0.4) is 0 Å². The van der Waals surface area contributed by atoms with Crippen molar-refractivity contribution in [2.24, 2.45) is 0 Å². The third-order valence-corrected chi connectivity index (χ3v) is 4.07. The van der Waals surface area contributed by atoms with Crippen LogP contribution in [0.1, 0.15) is 11.1 Å². The minimum absolute atomic E-state index is 0.148. The maximum absolute atomic E-state index is 12.7. The van der Waals surface area contributed by atoms with E-state index in [-0.39, 0.29) is 11.6 Å². The highest BCUT2D eigenvalue weighted by Gasteiger charge is 2.48. The molecule has 0 saturated heterocycles. The lowest BCUT2D eigenvalue weighted by Crippen LogP contribution is -2.46. The molecule has 0 aliphatic carbocycles. The fourth-order valence-corrected chi connectivity index (χ4v) is 2.94. The predicted molar refractivity (Wildman–Crippen MR) is 81.7 cm³/mol. The van der Waals surface area contributed by atoms with Crippen molar-refractivity contribution in [3.05, 3.63) is 76.4 Å². The Labute approximate surface area is 135 Å². The zero-order valence-corrected chi connectivity index (χ0v) is 12.2. The first-order valence-corrected chi connectivity index (χ1v) is 7.12. The maximum atomic E-state index is 12.7. The summed E-state index contributed by atoms with van der Waals surface area (Å²) in [7, 11) is 0. The molecule has 2 aromatic carbocycles. The zero-order valence-electron chi connectivity index (χ0n) is 12.2. The van der Waals surface area contributed by atoms with E-state index in [0.717, 1.165) is 34.8 Å². The van der Waals surface area contributed by atoms with Gasteiger partial charge in [0.25, 0.3) is 5.88 Å². The molecule has 2 aliphatic heterocycles. The van der Waals surface area contributed by atoms with Crippen LogP contribution in [0, 0.1) is 5.21 Å². The van der Waals surface area contributed by atoms with Gasteiger partial charge < -0.3 is 10.3 Å². The summed E-state index contributed by atoms with van der Waals surface area (Å²) >= 11 is 0. The van der Waals surface area contributed by atoms with Gasteiger partial charge in [0, 0.05) is 6.42 Å². The molecule has 24 heavy (non-hydrogen) atoms. The number of aliphatic hydroxyl groups excluding tert-OH is 1. The Hall–Kier alpha value is -2.71. The summed E-state index contributed by atoms with van der Waals surface area (Å²) in [4.78, 5) is 0. The molecule has 8 heteroatoms. The monoisotopic (exact) mass is 334 g/mol. The van der Waals surface area contributed by atoms with Crippen LogP contribution >= 0.6 is 0 Å². The zero-order chi connectivity index (χ0) is 17.1. The van der Waals surface area contributed by atoms with Gasteiger partial charge in [0.05, 0.1) is 10.8 Å². The molecule has 2 heterocycles. The number of hydrazine groups is 2. The Morgan fingerprint density at radius 1 is 1.00 bits per heavy atom. The fourth-order valence-electron chi connectivity index (χ4n) is 2.94. The number of hydrogen-bond donors (Lipinski definition) is 1. The molecule has 0 amide bonds. The molecular formula is C16H11F3N3O2. The minimum Gasteiger partial charge on any atom is -0.523 e. The molecule has 0 bridgehead atoms. The van der Waals surface area contributed by atoms with E-state index in [0.29, 0.717) is 23.1 Å². The van der Waals surface area contributed by atoms with E-state index in [4.69, 9.17) is 0 Å². The molecule has 0 atom stereocenters. The van der Waals surface area contributed by atoms with Crippen molar-refractivity contribution in [2.75, 3.05) is 10.0 Å². The van der Waals surface area contributed by atoms with Crippen LogP contribution in [0.4, 0.5) is 24.5 Å². The van der Waals surface area contributed by atoms with E-state index in [1.54, 1.807) is 12.1 Å². The van der Waals surface area contributed by atoms with Crippen molar-refractivity contribution in [3.8, 4) is 0 Å². The number of benzene rings is 2. The lowest BCUT2D eigenvalue weighted by Gasteiger charge is -2.24. The number of allylic oxidation sites excluding steroid dienone is 1. The van der Waals surface area contributed by atoms with Crippen LogP contribution < -0.4 is 15.3 Å². The first kappa shape index (κ1) is 14.9. The Morgan fingerprint density at radius 2 is 1.67 bits per heavy atom. The number of aliphatic hydroxyl groups is 1. The molecule has 0 fully saturated rings. The van der Waals surface area contributed by atoms with Crippen molar-refractivity contribution < 1.29 is 18.3 Å². The molecule has 1 N–H and O–H groups in total. The second kappa shape index (κ2) is 4.89. The summed E-state index contributed by atoms with van der Waals surface area (Å²) in [5.41, 5.74) is 1.26. The van der Waals surface area contributed by atoms with Gasteiger partial charge in [-0.25, -0.2) is 0 Å². The van der Waals surface area contributed by atoms with Gasteiger partial charge in [0.15, 0.2) is 5.70 Å². The molecule has 5 nitrogen and oxygen atoms in total. The number of halogens is 3. The highest BCUT2D eigenvalue weighted by atomic mass is 19.4. The van der Waals surface area contributed by atoms with Crippen molar-refractivity contribution in [1.82, 2.24) is 5.28 Å². The summed E-state index contributed by atoms with van der Waals surface area (Å²) in [5, 5.41) is 25.7. The van der Waals surface area contributed by atoms with Crippen LogP contribution in [0.15, 0.2) is 60.1 Å². The quantitative estimate of drug-likeness (QED) is 0.637. The second-order valence-corrected chi connectivity index (χ2v) is 5.50. The van der Waals surface area contributed by atoms with E-state index in [1.807, 2.05) is 12.1 Å². The predicted octanol–water partition coefficient (Wildman–Crippen LogP) is 3.78. The molecule has 2 aliphatic rings. The van der Waals surface area contributed by atoms with Gasteiger partial charge in [0.2, 0.25) is 0 Å². The SMILES string of the molecule is [O-][N+]1N(c2ccc(C(F)(F)F)cc2)C(O)=C2Cc3ccccc3N21. The first-order valence-electron chi connectivity index (χ1n) is 7.12. The van der Waals surface area contributed by atoms with Gasteiger partial charge in [-0.3, -0.25) is 0 Å². The summed E-state index contributed by atoms with van der Waals surface area (Å²) in [6.07, 6.45) is -4.09. The molecule has 0 spiro atoms. The first-order chi connectivity index (χ1) is 11.4. The highest BCUT2D eigenvalue weighted by molar-refractivity contribution is 5.70. The number of nitrogens with zero attached hydrogens (tertiary/aromatic N) is 3. The van der Waals surface area contributed by atoms with E-state index in [2.05, 4.69) is 0 Å². The van der Waals surface area contributed by atoms with Crippen molar-refractivity contribution >= 4 is 11.4 Å². The maximum Gasteiger partial charge on any atom is 0.416 e. The molecule has 0 aromatic heterocycles. The van der Waals surface area contributed by atoms with Crippen LogP contribution in [-0.4, -0.2) is 5.11 Å². The van der Waals surface area contributed by atoms with Crippen molar-refractivity contribution in [1.29, 1.82) is 0 Å². The molecule has 4 rings (SSSR count). The van der Waals surface area contributed by atoms with Crippen molar-refractivity contribution in [2.45, 2.75) is 12.6 Å². The third kappa shape index (κ3) is 2.04. The Bertz CT molecular complexity index is 833. The molecule has 0 saturated carbocycles. The normalized spacial score (nSPS) is 17.5. The number of alkyl halides is 3. The lowest BCUT2D eigenvalue weighted by atomic mass is 10.1. The number of hydrogen-bond acceptors (Lipinski definition) is 5. The minimum atomic E-state index is -4.46. The van der Waals surface area contributed by atoms with E-state index in [9.17, 15) is 23.5 Å². The van der Waals surface area contributed by atoms with Crippen LogP contribution in [-0.2, 0) is 12.6 Å². The van der Waals surface area contributed by atoms with Gasteiger partial charge in [-0.2, -0.15) is 13.2 Å². The second-order valence-electron chi connectivity index (χ2n) is 5.50. The van der Waals surface area contributed by atoms with Gasteiger partial charge in [-0.05, 0) is 35.9 Å². The van der Waals surface area contributed by atoms with Gasteiger partial charge in [-0.1, -0.05) is 23.2 Å². The van der Waals surface area contributed by atoms with E-state index >= 15 is 0 Å². The Morgan fingerprint density at radius 3 is 2.33 bits per heavy atom. The summed E-state index contributed by atoms with van der Waals surface area (Å²) in [6.45, 7) is 0. The Kier molecular flexibility index (Phi) is 3.03. The third-order valence-electron chi connectivity index (χ3n) is 4.07. The lowest BCUT2D eigenvalue weighted by molar-refractivity contribution is -0.137. The number of fused-ring (bicyclic) bond motifs is 3. The largest absolute Gasteiger partial charge is 0.523 e. The van der Waals surface area contributed by atoms with E-state index < -0.39 is 11.7 Å². The van der Waals surface area contributed by atoms with Crippen molar-refractivity contribution in [3.63, 3.8) is 0 Å². The van der Waals surface area contributed by atoms with Gasteiger partial charge in [0.1, 0.15) is 11.4 Å². The van der Waals surface area contributed by atoms with Gasteiger partial charge in [-0.15, -0.1) is 5.01 Å². The van der Waals surface area contributed by atoms with Crippen LogP contribution in [0.25, 0.3) is 0 Å². The summed E-state index contributed by atoms with van der Waals surface area (Å²) < 4.78 is 38.0. The average molecular weight is 334 g/mol. The number of para-hydroxylation sites is 1. The fraction of sp³-hybridized carbons (Fsp3) is 0.125. The number of rotatable bonds is 1. The number of anilines is 2. The molecule has 2 aromatic rings. The molecule has 1 radical (unpaired) electrons. The standard InChI is InChI=1S/C16H11F3N3O2/c17-16(18,19)11-5-7-12(8-6-11)20-15(23)14-9-10-3-1-2-4-13(10)21(14)22(20)24/h1-8,23H,9H2. The summed E-state index contributed by atoms with van der Waals surface area (Å²) in [5.74, 6) is -0.291. The topological polar surface area (TPSA) is 55.7 Å². The van der Waals surface area contributed by atoms with Crippen LogP contribution in [0.5, 0.6) is 0 Å². The molecule has 0 unspecified atom stereocenters. The summed E-state index contributed by atoms with van der Waals surface area (Å²) in [6, 6.07) is 11.3. The molecular weight excluding hydrogens is 323 g/mol. The van der Waals surface area contributed by atoms with E-state index in [1.165, 1.54) is 5.01 Å². The average Bonchev–Trinajstić information content (AvgIpc) is 3.04. The van der Waals surface area contributed by atoms with Gasteiger partial charge >= 0.3 is 6.18 Å². The Balaban J connectivity index is 1.71. The highest BCUT2D eigenvalue weighted by Crippen LogP contribution is 2.42.